The lowest BCUT2D eigenvalue weighted by atomic mass is 9.95. The molecule has 0 saturated carbocycles. The predicted octanol–water partition coefficient (Wildman–Crippen LogP) is 1.63. The minimum atomic E-state index is 0.219. The highest BCUT2D eigenvalue weighted by atomic mass is 16.6. The van der Waals surface area contributed by atoms with Gasteiger partial charge >= 0.3 is 0 Å². The molecule has 2 heterocycles. The normalized spacial score (nSPS) is 25.2. The van der Waals surface area contributed by atoms with Crippen molar-refractivity contribution in [3.05, 3.63) is 35.4 Å². The van der Waals surface area contributed by atoms with Crippen molar-refractivity contribution in [3.63, 3.8) is 0 Å². The Labute approximate surface area is 100 Å². The molecule has 2 aliphatic heterocycles. The van der Waals surface area contributed by atoms with Crippen LogP contribution in [0.2, 0.25) is 0 Å². The Hall–Kier alpha value is -1.41. The molecule has 0 aliphatic carbocycles. The maximum Gasteiger partial charge on any atom is 0.128 e. The maximum absolute atomic E-state index is 11.1. The van der Waals surface area contributed by atoms with Gasteiger partial charge in [0.05, 0.1) is 25.4 Å². The number of rotatable bonds is 5. The quantitative estimate of drug-likeness (QED) is 0.570. The van der Waals surface area contributed by atoms with E-state index in [2.05, 4.69) is 12.0 Å². The summed E-state index contributed by atoms with van der Waals surface area (Å²) >= 11 is 0. The van der Waals surface area contributed by atoms with Crippen LogP contribution in [0.25, 0.3) is 5.57 Å². The molecule has 2 fully saturated rings. The van der Waals surface area contributed by atoms with Crippen molar-refractivity contribution in [2.45, 2.75) is 25.0 Å². The van der Waals surface area contributed by atoms with E-state index in [0.29, 0.717) is 12.5 Å². The Kier molecular flexibility index (Phi) is 2.81. The highest BCUT2D eigenvalue weighted by molar-refractivity contribution is 5.88. The van der Waals surface area contributed by atoms with Crippen LogP contribution in [-0.4, -0.2) is 31.4 Å². The number of hydrogen-bond donors (Lipinski definition) is 0. The van der Waals surface area contributed by atoms with Gasteiger partial charge in [0.2, 0.25) is 0 Å². The predicted molar refractivity (Wildman–Crippen MR) is 63.3 cm³/mol. The maximum atomic E-state index is 11.1. The van der Waals surface area contributed by atoms with Crippen molar-refractivity contribution in [1.82, 2.24) is 0 Å². The van der Waals surface area contributed by atoms with E-state index < -0.39 is 0 Å². The SMILES string of the molecule is O=C=C(CC1CO1)c1ccccc1CC1CO1. The Morgan fingerprint density at radius 1 is 1.24 bits per heavy atom. The Morgan fingerprint density at radius 2 is 1.94 bits per heavy atom. The summed E-state index contributed by atoms with van der Waals surface area (Å²) in [6, 6.07) is 8.00. The second-order valence-corrected chi connectivity index (χ2v) is 4.56. The van der Waals surface area contributed by atoms with E-state index >= 15 is 0 Å². The molecule has 1 aromatic rings. The molecule has 3 nitrogen and oxygen atoms in total. The first-order chi connectivity index (χ1) is 8.36. The highest BCUT2D eigenvalue weighted by Crippen LogP contribution is 2.28. The van der Waals surface area contributed by atoms with E-state index in [9.17, 15) is 4.79 Å². The van der Waals surface area contributed by atoms with E-state index in [1.807, 2.05) is 18.2 Å². The number of hydrogen-bond acceptors (Lipinski definition) is 3. The zero-order chi connectivity index (χ0) is 11.7. The monoisotopic (exact) mass is 230 g/mol. The number of ether oxygens (including phenoxy) is 2. The van der Waals surface area contributed by atoms with E-state index in [4.69, 9.17) is 9.47 Å². The summed E-state index contributed by atoms with van der Waals surface area (Å²) in [5.41, 5.74) is 2.91. The molecule has 3 rings (SSSR count). The van der Waals surface area contributed by atoms with Crippen LogP contribution in [0.5, 0.6) is 0 Å². The van der Waals surface area contributed by atoms with Gasteiger partial charge in [-0.1, -0.05) is 24.3 Å². The Bertz CT molecular complexity index is 466. The summed E-state index contributed by atoms with van der Waals surface area (Å²) in [6.45, 7) is 1.60. The lowest BCUT2D eigenvalue weighted by molar-refractivity contribution is 0.407. The summed E-state index contributed by atoms with van der Waals surface area (Å²) in [6.07, 6.45) is 2.11. The van der Waals surface area contributed by atoms with Gasteiger partial charge in [-0.3, -0.25) is 0 Å². The van der Waals surface area contributed by atoms with Gasteiger partial charge in [0.1, 0.15) is 5.94 Å². The first-order valence-corrected chi connectivity index (χ1v) is 5.92. The molecule has 0 radical (unpaired) electrons. The minimum Gasteiger partial charge on any atom is -0.373 e. The third-order valence-electron chi connectivity index (χ3n) is 3.15. The zero-order valence-electron chi connectivity index (χ0n) is 9.52. The molecule has 0 amide bonds. The number of benzene rings is 1. The summed E-state index contributed by atoms with van der Waals surface area (Å²) in [7, 11) is 0. The average Bonchev–Trinajstić information content (AvgIpc) is 3.22. The molecular weight excluding hydrogens is 216 g/mol. The first-order valence-electron chi connectivity index (χ1n) is 5.92. The van der Waals surface area contributed by atoms with Crippen molar-refractivity contribution < 1.29 is 14.3 Å². The zero-order valence-corrected chi connectivity index (χ0v) is 9.52. The smallest absolute Gasteiger partial charge is 0.128 e. The van der Waals surface area contributed by atoms with Gasteiger partial charge in [-0.2, -0.15) is 0 Å². The third-order valence-corrected chi connectivity index (χ3v) is 3.15. The third kappa shape index (κ3) is 2.64. The molecule has 0 N–H and O–H groups in total. The molecule has 2 atom stereocenters. The van der Waals surface area contributed by atoms with Crippen molar-refractivity contribution in [3.8, 4) is 0 Å². The number of carbonyl (C=O) groups excluding carboxylic acids is 1. The molecule has 2 unspecified atom stereocenters. The van der Waals surface area contributed by atoms with E-state index in [-0.39, 0.29) is 6.10 Å². The summed E-state index contributed by atoms with van der Waals surface area (Å²) in [4.78, 5) is 11.1. The van der Waals surface area contributed by atoms with Gasteiger partial charge in [-0.05, 0) is 11.1 Å². The van der Waals surface area contributed by atoms with Crippen LogP contribution in [0.15, 0.2) is 24.3 Å². The second-order valence-electron chi connectivity index (χ2n) is 4.56. The molecular formula is C14H14O3. The standard InChI is InChI=1S/C14H14O3/c15-7-11(6-13-9-17-13)14-4-2-1-3-10(14)5-12-8-16-12/h1-4,12-13H,5-6,8-9H2. The van der Waals surface area contributed by atoms with Gasteiger partial charge in [-0.25, -0.2) is 4.79 Å². The average molecular weight is 230 g/mol. The van der Waals surface area contributed by atoms with E-state index in [1.165, 1.54) is 5.56 Å². The van der Waals surface area contributed by atoms with Gasteiger partial charge in [0.25, 0.3) is 0 Å². The second kappa shape index (κ2) is 4.46. The van der Waals surface area contributed by atoms with Crippen LogP contribution in [0.4, 0.5) is 0 Å². The first kappa shape index (κ1) is 10.7. The summed E-state index contributed by atoms with van der Waals surface area (Å²) in [5, 5.41) is 0. The van der Waals surface area contributed by atoms with Crippen LogP contribution in [-0.2, 0) is 20.7 Å². The fourth-order valence-electron chi connectivity index (χ4n) is 2.04. The van der Waals surface area contributed by atoms with Crippen molar-refractivity contribution >= 4 is 11.5 Å². The van der Waals surface area contributed by atoms with Gasteiger partial charge in [0, 0.05) is 18.4 Å². The molecule has 3 heteroatoms. The topological polar surface area (TPSA) is 42.1 Å². The van der Waals surface area contributed by atoms with Crippen molar-refractivity contribution in [2.24, 2.45) is 0 Å². The van der Waals surface area contributed by atoms with Gasteiger partial charge in [0.15, 0.2) is 0 Å². The van der Waals surface area contributed by atoms with Crippen molar-refractivity contribution in [1.29, 1.82) is 0 Å². The fourth-order valence-corrected chi connectivity index (χ4v) is 2.04. The molecule has 1 aromatic carbocycles. The molecule has 0 bridgehead atoms. The molecule has 2 saturated heterocycles. The summed E-state index contributed by atoms with van der Waals surface area (Å²) < 4.78 is 10.4. The van der Waals surface area contributed by atoms with Crippen LogP contribution < -0.4 is 0 Å². The largest absolute Gasteiger partial charge is 0.373 e. The van der Waals surface area contributed by atoms with Gasteiger partial charge in [-0.15, -0.1) is 0 Å². The number of epoxide rings is 2. The summed E-state index contributed by atoms with van der Waals surface area (Å²) in [5.74, 6) is 2.07. The minimum absolute atomic E-state index is 0.219. The Balaban J connectivity index is 1.85. The van der Waals surface area contributed by atoms with Crippen LogP contribution >= 0.6 is 0 Å². The fraction of sp³-hybridized carbons (Fsp3) is 0.429. The highest BCUT2D eigenvalue weighted by Gasteiger charge is 2.27. The molecule has 0 spiro atoms. The lowest BCUT2D eigenvalue weighted by Gasteiger charge is -2.08. The van der Waals surface area contributed by atoms with E-state index in [0.717, 1.165) is 30.8 Å². The van der Waals surface area contributed by atoms with Crippen LogP contribution in [0.1, 0.15) is 17.5 Å². The van der Waals surface area contributed by atoms with Gasteiger partial charge < -0.3 is 9.47 Å². The van der Waals surface area contributed by atoms with Crippen LogP contribution in [0, 0.1) is 0 Å². The molecule has 0 aromatic heterocycles. The van der Waals surface area contributed by atoms with Crippen LogP contribution in [0.3, 0.4) is 0 Å². The Morgan fingerprint density at radius 3 is 2.59 bits per heavy atom. The molecule has 2 aliphatic rings. The lowest BCUT2D eigenvalue weighted by Crippen LogP contribution is -2.00. The molecule has 88 valence electrons. The van der Waals surface area contributed by atoms with Crippen molar-refractivity contribution in [2.75, 3.05) is 13.2 Å². The van der Waals surface area contributed by atoms with E-state index in [1.54, 1.807) is 0 Å². The molecule has 17 heavy (non-hydrogen) atoms.